The molecule has 0 aliphatic carbocycles. The number of nitrogens with one attached hydrogen (secondary N) is 1. The number of allylic oxidation sites excluding steroid dienone is 4. The Hall–Kier alpha value is -1.66. The molecule has 2 atom stereocenters. The molecule has 0 saturated heterocycles. The van der Waals surface area contributed by atoms with Gasteiger partial charge in [0.05, 0.1) is 25.4 Å². The van der Waals surface area contributed by atoms with Crippen molar-refractivity contribution in [2.75, 3.05) is 13.2 Å². The number of amides is 1. The van der Waals surface area contributed by atoms with Gasteiger partial charge in [-0.3, -0.25) is 9.59 Å². The molecule has 0 bridgehead atoms. The summed E-state index contributed by atoms with van der Waals surface area (Å²) in [6.07, 6.45) is 89.8. The molecule has 0 aliphatic rings. The standard InChI is InChI=1S/C75H145NO5/c1-3-5-7-9-11-13-15-16-17-42-45-49-53-57-61-65-69-75(80)81-70-66-62-58-54-50-46-43-40-38-36-34-32-30-28-26-24-22-20-18-19-21-23-25-27-29-31-33-35-37-39-41-44-48-52-56-60-64-68-74(79)76-72(71-77)73(78)67-63-59-55-51-47-14-12-10-8-6-4-2/h18,20,24,26,72-73,77-78H,3-17,19,21-23,25,27-71H2,1-2H3,(H,76,79)/b20-18-,26-24-. The first-order chi connectivity index (χ1) is 40.0. The van der Waals surface area contributed by atoms with Gasteiger partial charge in [0, 0.05) is 12.8 Å². The highest BCUT2D eigenvalue weighted by molar-refractivity contribution is 5.76. The van der Waals surface area contributed by atoms with Crippen LogP contribution in [0.1, 0.15) is 418 Å². The topological polar surface area (TPSA) is 95.9 Å². The van der Waals surface area contributed by atoms with E-state index in [-0.39, 0.29) is 18.5 Å². The van der Waals surface area contributed by atoms with Crippen molar-refractivity contribution in [1.29, 1.82) is 0 Å². The molecule has 0 rings (SSSR count). The fourth-order valence-corrected chi connectivity index (χ4v) is 11.9. The lowest BCUT2D eigenvalue weighted by atomic mass is 10.0. The number of esters is 1. The Morgan fingerprint density at radius 1 is 0.346 bits per heavy atom. The number of aliphatic hydroxyl groups is 2. The van der Waals surface area contributed by atoms with Crippen molar-refractivity contribution in [2.24, 2.45) is 0 Å². The number of hydrogen-bond donors (Lipinski definition) is 3. The zero-order valence-electron chi connectivity index (χ0n) is 55.0. The second-order valence-corrected chi connectivity index (χ2v) is 25.6. The van der Waals surface area contributed by atoms with Gasteiger partial charge in [-0.25, -0.2) is 0 Å². The van der Waals surface area contributed by atoms with E-state index >= 15 is 0 Å². The Bertz CT molecular complexity index is 1270. The van der Waals surface area contributed by atoms with E-state index in [2.05, 4.69) is 43.5 Å². The van der Waals surface area contributed by atoms with Gasteiger partial charge in [-0.05, 0) is 57.8 Å². The summed E-state index contributed by atoms with van der Waals surface area (Å²) in [5.41, 5.74) is 0. The first-order valence-electron chi connectivity index (χ1n) is 37.1. The quantitative estimate of drug-likeness (QED) is 0.0320. The molecule has 0 aliphatic heterocycles. The second-order valence-electron chi connectivity index (χ2n) is 25.6. The van der Waals surface area contributed by atoms with Gasteiger partial charge in [-0.2, -0.15) is 0 Å². The fourth-order valence-electron chi connectivity index (χ4n) is 11.9. The SMILES string of the molecule is CCCCCCCCCCCCCCCCCCC(=O)OCCCCCCCCCCCCCCC/C=C\C/C=C\CCCCCCCCCCCCCCCCCCCC(=O)NC(CO)C(O)CCCCCCCCCCCCC. The molecule has 2 unspecified atom stereocenters. The number of rotatable bonds is 70. The minimum absolute atomic E-state index is 0.0229. The van der Waals surface area contributed by atoms with Gasteiger partial charge in [0.25, 0.3) is 0 Å². The molecule has 0 fully saturated rings. The minimum Gasteiger partial charge on any atom is -0.466 e. The van der Waals surface area contributed by atoms with Crippen LogP contribution < -0.4 is 5.32 Å². The highest BCUT2D eigenvalue weighted by Gasteiger charge is 2.20. The molecule has 0 heterocycles. The summed E-state index contributed by atoms with van der Waals surface area (Å²) < 4.78 is 5.51. The maximum atomic E-state index is 12.5. The van der Waals surface area contributed by atoms with Gasteiger partial charge >= 0.3 is 5.97 Å². The van der Waals surface area contributed by atoms with E-state index in [1.54, 1.807) is 0 Å². The minimum atomic E-state index is -0.660. The van der Waals surface area contributed by atoms with Crippen LogP contribution in [-0.2, 0) is 14.3 Å². The van der Waals surface area contributed by atoms with E-state index < -0.39 is 12.1 Å². The Morgan fingerprint density at radius 2 is 0.617 bits per heavy atom. The number of aliphatic hydroxyl groups excluding tert-OH is 2. The third-order valence-electron chi connectivity index (χ3n) is 17.5. The van der Waals surface area contributed by atoms with Gasteiger partial charge in [0.15, 0.2) is 0 Å². The van der Waals surface area contributed by atoms with Crippen molar-refractivity contribution < 1.29 is 24.5 Å². The summed E-state index contributed by atoms with van der Waals surface area (Å²) in [4.78, 5) is 24.6. The summed E-state index contributed by atoms with van der Waals surface area (Å²) in [6, 6.07) is -0.538. The van der Waals surface area contributed by atoms with Crippen LogP contribution in [0.4, 0.5) is 0 Å². The van der Waals surface area contributed by atoms with Crippen molar-refractivity contribution in [1.82, 2.24) is 5.32 Å². The zero-order valence-corrected chi connectivity index (χ0v) is 55.0. The van der Waals surface area contributed by atoms with E-state index in [4.69, 9.17) is 4.74 Å². The lowest BCUT2D eigenvalue weighted by molar-refractivity contribution is -0.143. The van der Waals surface area contributed by atoms with Gasteiger partial charge in [0.1, 0.15) is 0 Å². The summed E-state index contributed by atoms with van der Waals surface area (Å²) >= 11 is 0. The number of ether oxygens (including phenoxy) is 1. The first-order valence-corrected chi connectivity index (χ1v) is 37.1. The summed E-state index contributed by atoms with van der Waals surface area (Å²) in [7, 11) is 0. The predicted molar refractivity (Wildman–Crippen MR) is 356 cm³/mol. The normalized spacial score (nSPS) is 12.6. The van der Waals surface area contributed by atoms with Crippen molar-refractivity contribution in [3.63, 3.8) is 0 Å². The molecule has 0 aromatic rings. The molecule has 81 heavy (non-hydrogen) atoms. The highest BCUT2D eigenvalue weighted by atomic mass is 16.5. The molecule has 0 aromatic carbocycles. The highest BCUT2D eigenvalue weighted by Crippen LogP contribution is 2.19. The van der Waals surface area contributed by atoms with Gasteiger partial charge in [0.2, 0.25) is 5.91 Å². The molecule has 6 nitrogen and oxygen atoms in total. The van der Waals surface area contributed by atoms with Crippen LogP contribution in [0, 0.1) is 0 Å². The van der Waals surface area contributed by atoms with Gasteiger partial charge in [-0.1, -0.05) is 372 Å². The lowest BCUT2D eigenvalue weighted by Gasteiger charge is -2.22. The van der Waals surface area contributed by atoms with Crippen LogP contribution in [0.5, 0.6) is 0 Å². The molecule has 3 N–H and O–H groups in total. The molecule has 0 spiro atoms. The maximum absolute atomic E-state index is 12.5. The molecule has 6 heteroatoms. The van der Waals surface area contributed by atoms with Crippen LogP contribution in [-0.4, -0.2) is 47.4 Å². The number of unbranched alkanes of at least 4 members (excludes halogenated alkanes) is 55. The summed E-state index contributed by atoms with van der Waals surface area (Å²) in [5, 5.41) is 23.2. The van der Waals surface area contributed by atoms with E-state index in [1.165, 1.54) is 340 Å². The largest absolute Gasteiger partial charge is 0.466 e. The Morgan fingerprint density at radius 3 is 0.938 bits per heavy atom. The smallest absolute Gasteiger partial charge is 0.305 e. The van der Waals surface area contributed by atoms with Gasteiger partial charge in [-0.15, -0.1) is 0 Å². The monoisotopic (exact) mass is 1140 g/mol. The fraction of sp³-hybridized carbons (Fsp3) is 0.920. The molecule has 0 radical (unpaired) electrons. The molecule has 480 valence electrons. The predicted octanol–water partition coefficient (Wildman–Crippen LogP) is 24.1. The van der Waals surface area contributed by atoms with E-state index in [9.17, 15) is 19.8 Å². The van der Waals surface area contributed by atoms with Crippen molar-refractivity contribution >= 4 is 11.9 Å². The van der Waals surface area contributed by atoms with Crippen LogP contribution in [0.25, 0.3) is 0 Å². The van der Waals surface area contributed by atoms with Crippen LogP contribution in [0.3, 0.4) is 0 Å². The van der Waals surface area contributed by atoms with Gasteiger partial charge < -0.3 is 20.3 Å². The van der Waals surface area contributed by atoms with Crippen LogP contribution in [0.2, 0.25) is 0 Å². The Labute approximate surface area is 507 Å². The van der Waals surface area contributed by atoms with E-state index in [0.717, 1.165) is 44.9 Å². The van der Waals surface area contributed by atoms with Crippen molar-refractivity contribution in [2.45, 2.75) is 431 Å². The number of hydrogen-bond acceptors (Lipinski definition) is 5. The molecular weight excluding hydrogens is 995 g/mol. The van der Waals surface area contributed by atoms with Crippen LogP contribution >= 0.6 is 0 Å². The van der Waals surface area contributed by atoms with Crippen molar-refractivity contribution in [3.05, 3.63) is 24.3 Å². The van der Waals surface area contributed by atoms with E-state index in [0.29, 0.717) is 25.9 Å². The number of carbonyl (C=O) groups is 2. The number of carbonyl (C=O) groups excluding carboxylic acids is 2. The third-order valence-corrected chi connectivity index (χ3v) is 17.5. The maximum Gasteiger partial charge on any atom is 0.305 e. The summed E-state index contributed by atoms with van der Waals surface area (Å²) in [5.74, 6) is -0.00823. The first kappa shape index (κ1) is 79.3. The van der Waals surface area contributed by atoms with E-state index in [1.807, 2.05) is 0 Å². The third kappa shape index (κ3) is 67.3. The molecule has 0 aromatic heterocycles. The molecular formula is C75H145NO5. The Balaban J connectivity index is 3.33. The average molecular weight is 1140 g/mol. The lowest BCUT2D eigenvalue weighted by Crippen LogP contribution is -2.45. The second kappa shape index (κ2) is 70.8. The summed E-state index contributed by atoms with van der Waals surface area (Å²) in [6.45, 7) is 4.98. The average Bonchev–Trinajstić information content (AvgIpc) is 3.47. The molecule has 0 saturated carbocycles. The van der Waals surface area contributed by atoms with Crippen molar-refractivity contribution in [3.8, 4) is 0 Å². The zero-order chi connectivity index (χ0) is 58.5. The molecule has 1 amide bonds. The Kier molecular flexibility index (Phi) is 69.4. The van der Waals surface area contributed by atoms with Crippen LogP contribution in [0.15, 0.2) is 24.3 Å².